The summed E-state index contributed by atoms with van der Waals surface area (Å²) in [5.41, 5.74) is 0.520. The Kier molecular flexibility index (Phi) is 3.75. The number of benzene rings is 1. The van der Waals surface area contributed by atoms with Crippen molar-refractivity contribution in [3.8, 4) is 6.07 Å². The van der Waals surface area contributed by atoms with E-state index in [4.69, 9.17) is 5.26 Å². The summed E-state index contributed by atoms with van der Waals surface area (Å²) in [5.74, 6) is -0.765. The van der Waals surface area contributed by atoms with Crippen LogP contribution in [0.5, 0.6) is 0 Å². The summed E-state index contributed by atoms with van der Waals surface area (Å²) < 4.78 is 0. The highest BCUT2D eigenvalue weighted by Gasteiger charge is 2.43. The Morgan fingerprint density at radius 3 is 2.89 bits per heavy atom. The molecule has 2 unspecified atom stereocenters. The summed E-state index contributed by atoms with van der Waals surface area (Å²) in [6, 6.07) is 9.23. The molecule has 2 atom stereocenters. The summed E-state index contributed by atoms with van der Waals surface area (Å²) in [6.45, 7) is 1.79. The molecule has 0 saturated heterocycles. The van der Waals surface area contributed by atoms with Gasteiger partial charge in [0.25, 0.3) is 0 Å². The Labute approximate surface area is 113 Å². The first-order chi connectivity index (χ1) is 9.08. The van der Waals surface area contributed by atoms with Crippen molar-refractivity contribution in [1.29, 1.82) is 5.26 Å². The second-order valence-electron chi connectivity index (χ2n) is 5.32. The lowest BCUT2D eigenvalue weighted by Gasteiger charge is -2.39. The molecule has 4 heteroatoms. The molecule has 2 N–H and O–H groups in total. The molecule has 1 aliphatic carbocycles. The number of hydrogen-bond donors (Lipinski definition) is 2. The van der Waals surface area contributed by atoms with Crippen LogP contribution in [0.2, 0.25) is 0 Å². The minimum atomic E-state index is -0.765. The predicted molar refractivity (Wildman–Crippen MR) is 72.8 cm³/mol. The summed E-state index contributed by atoms with van der Waals surface area (Å²) in [7, 11) is 0. The Balaban J connectivity index is 2.26. The number of carboxylic acids is 1. The van der Waals surface area contributed by atoms with E-state index < -0.39 is 11.4 Å². The fourth-order valence-corrected chi connectivity index (χ4v) is 2.72. The van der Waals surface area contributed by atoms with Crippen LogP contribution in [0, 0.1) is 16.7 Å². The SMILES string of the molecule is CC1(C(=O)O)CCCCC1Nc1ccccc1C#N. The van der Waals surface area contributed by atoms with Gasteiger partial charge in [-0.25, -0.2) is 0 Å². The maximum Gasteiger partial charge on any atom is 0.311 e. The monoisotopic (exact) mass is 258 g/mol. The highest BCUT2D eigenvalue weighted by molar-refractivity contribution is 5.76. The van der Waals surface area contributed by atoms with Gasteiger partial charge in [-0.15, -0.1) is 0 Å². The summed E-state index contributed by atoms with van der Waals surface area (Å²) >= 11 is 0. The van der Waals surface area contributed by atoms with Crippen molar-refractivity contribution in [3.05, 3.63) is 29.8 Å². The molecule has 4 nitrogen and oxygen atoms in total. The molecule has 1 aromatic carbocycles. The molecule has 1 saturated carbocycles. The van der Waals surface area contributed by atoms with Crippen molar-refractivity contribution in [2.24, 2.45) is 5.41 Å². The third-order valence-electron chi connectivity index (χ3n) is 4.07. The highest BCUT2D eigenvalue weighted by atomic mass is 16.4. The average molecular weight is 258 g/mol. The van der Waals surface area contributed by atoms with E-state index in [-0.39, 0.29) is 6.04 Å². The number of aliphatic carboxylic acids is 1. The van der Waals surface area contributed by atoms with Gasteiger partial charge in [0, 0.05) is 6.04 Å². The number of rotatable bonds is 3. The Morgan fingerprint density at radius 1 is 1.47 bits per heavy atom. The minimum absolute atomic E-state index is 0.131. The van der Waals surface area contributed by atoms with E-state index in [1.807, 2.05) is 12.1 Å². The van der Waals surface area contributed by atoms with E-state index in [9.17, 15) is 9.90 Å². The Morgan fingerprint density at radius 2 is 2.21 bits per heavy atom. The zero-order valence-corrected chi connectivity index (χ0v) is 11.0. The number of nitrogens with one attached hydrogen (secondary N) is 1. The zero-order chi connectivity index (χ0) is 13.9. The maximum atomic E-state index is 11.5. The average Bonchev–Trinajstić information content (AvgIpc) is 2.42. The van der Waals surface area contributed by atoms with E-state index >= 15 is 0 Å². The lowest BCUT2D eigenvalue weighted by molar-refractivity contribution is -0.150. The fraction of sp³-hybridized carbons (Fsp3) is 0.467. The van der Waals surface area contributed by atoms with Gasteiger partial charge in [0.2, 0.25) is 0 Å². The van der Waals surface area contributed by atoms with Gasteiger partial charge in [-0.05, 0) is 31.9 Å². The molecule has 1 fully saturated rings. The van der Waals surface area contributed by atoms with E-state index in [0.717, 1.165) is 24.9 Å². The normalized spacial score (nSPS) is 26.4. The fourth-order valence-electron chi connectivity index (χ4n) is 2.72. The quantitative estimate of drug-likeness (QED) is 0.874. The Bertz CT molecular complexity index is 521. The molecule has 0 aliphatic heterocycles. The molecule has 0 aromatic heterocycles. The second kappa shape index (κ2) is 5.31. The van der Waals surface area contributed by atoms with Crippen LogP contribution in [0.25, 0.3) is 0 Å². The first-order valence-electron chi connectivity index (χ1n) is 6.57. The van der Waals surface area contributed by atoms with Gasteiger partial charge >= 0.3 is 5.97 Å². The number of hydrogen-bond acceptors (Lipinski definition) is 3. The van der Waals surface area contributed by atoms with Crippen LogP contribution in [0.4, 0.5) is 5.69 Å². The molecular formula is C15H18N2O2. The molecule has 0 heterocycles. The first kappa shape index (κ1) is 13.4. The molecule has 1 aromatic rings. The third kappa shape index (κ3) is 2.55. The topological polar surface area (TPSA) is 73.1 Å². The highest BCUT2D eigenvalue weighted by Crippen LogP contribution is 2.38. The maximum absolute atomic E-state index is 11.5. The van der Waals surface area contributed by atoms with Gasteiger partial charge in [0.1, 0.15) is 6.07 Å². The lowest BCUT2D eigenvalue weighted by Crippen LogP contribution is -2.46. The van der Waals surface area contributed by atoms with Gasteiger partial charge in [-0.1, -0.05) is 25.0 Å². The van der Waals surface area contributed by atoms with Gasteiger partial charge in [-0.2, -0.15) is 5.26 Å². The van der Waals surface area contributed by atoms with Crippen LogP contribution in [0.3, 0.4) is 0 Å². The summed E-state index contributed by atoms with van der Waals surface area (Å²) in [5, 5.41) is 21.8. The van der Waals surface area contributed by atoms with Crippen LogP contribution in [-0.4, -0.2) is 17.1 Å². The van der Waals surface area contributed by atoms with Crippen molar-refractivity contribution in [3.63, 3.8) is 0 Å². The van der Waals surface area contributed by atoms with Crippen molar-refractivity contribution in [1.82, 2.24) is 0 Å². The van der Waals surface area contributed by atoms with Crippen LogP contribution in [-0.2, 0) is 4.79 Å². The number of nitrogens with zero attached hydrogens (tertiary/aromatic N) is 1. The smallest absolute Gasteiger partial charge is 0.311 e. The molecule has 0 spiro atoms. The van der Waals surface area contributed by atoms with Gasteiger partial charge in [-0.3, -0.25) is 4.79 Å². The number of anilines is 1. The van der Waals surface area contributed by atoms with Gasteiger partial charge < -0.3 is 10.4 Å². The summed E-state index contributed by atoms with van der Waals surface area (Å²) in [6.07, 6.45) is 3.47. The number of carboxylic acid groups (broad SMARTS) is 1. The standard InChI is InChI=1S/C15H18N2O2/c1-15(14(18)19)9-5-4-8-13(15)17-12-7-3-2-6-11(12)10-16/h2-3,6-7,13,17H,4-5,8-9H2,1H3,(H,18,19). The second-order valence-corrected chi connectivity index (χ2v) is 5.32. The molecule has 19 heavy (non-hydrogen) atoms. The van der Waals surface area contributed by atoms with Crippen LogP contribution >= 0.6 is 0 Å². The minimum Gasteiger partial charge on any atom is -0.481 e. The van der Waals surface area contributed by atoms with Gasteiger partial charge in [0.05, 0.1) is 16.7 Å². The molecular weight excluding hydrogens is 240 g/mol. The van der Waals surface area contributed by atoms with E-state index in [1.165, 1.54) is 0 Å². The number of nitriles is 1. The van der Waals surface area contributed by atoms with E-state index in [2.05, 4.69) is 11.4 Å². The van der Waals surface area contributed by atoms with E-state index in [0.29, 0.717) is 12.0 Å². The van der Waals surface area contributed by atoms with Crippen molar-refractivity contribution in [2.45, 2.75) is 38.6 Å². The molecule has 0 radical (unpaired) electrons. The first-order valence-corrected chi connectivity index (χ1v) is 6.57. The predicted octanol–water partition coefficient (Wildman–Crippen LogP) is 3.00. The van der Waals surface area contributed by atoms with Crippen molar-refractivity contribution in [2.75, 3.05) is 5.32 Å². The lowest BCUT2D eigenvalue weighted by atomic mass is 9.71. The number of para-hydroxylation sites is 1. The molecule has 0 bridgehead atoms. The van der Waals surface area contributed by atoms with Gasteiger partial charge in [0.15, 0.2) is 0 Å². The third-order valence-corrected chi connectivity index (χ3v) is 4.07. The molecule has 0 amide bonds. The zero-order valence-electron chi connectivity index (χ0n) is 11.0. The van der Waals surface area contributed by atoms with Crippen molar-refractivity contribution >= 4 is 11.7 Å². The van der Waals surface area contributed by atoms with Crippen molar-refractivity contribution < 1.29 is 9.90 Å². The van der Waals surface area contributed by atoms with Crippen LogP contribution < -0.4 is 5.32 Å². The largest absolute Gasteiger partial charge is 0.481 e. The Hall–Kier alpha value is -2.02. The van der Waals surface area contributed by atoms with Crippen LogP contribution in [0.1, 0.15) is 38.2 Å². The van der Waals surface area contributed by atoms with E-state index in [1.54, 1.807) is 19.1 Å². The molecule has 1 aliphatic rings. The number of carbonyl (C=O) groups is 1. The summed E-state index contributed by atoms with van der Waals surface area (Å²) in [4.78, 5) is 11.5. The van der Waals surface area contributed by atoms with Crippen LogP contribution in [0.15, 0.2) is 24.3 Å². The molecule has 2 rings (SSSR count). The molecule has 100 valence electrons.